The number of esters is 6. The minimum absolute atomic E-state index is 0.0871. The van der Waals surface area contributed by atoms with E-state index in [-0.39, 0.29) is 75.2 Å². The summed E-state index contributed by atoms with van der Waals surface area (Å²) < 4.78 is 30.3. The van der Waals surface area contributed by atoms with Gasteiger partial charge in [-0.3, -0.25) is 0 Å². The van der Waals surface area contributed by atoms with Gasteiger partial charge >= 0.3 is 35.8 Å². The molecule has 0 aliphatic rings. The highest BCUT2D eigenvalue weighted by molar-refractivity contribution is 6.19. The molecule has 330 valence electrons. The van der Waals surface area contributed by atoms with Crippen LogP contribution in [0.5, 0.6) is 0 Å². The summed E-state index contributed by atoms with van der Waals surface area (Å²) in [5, 5.41) is 3.21. The van der Waals surface area contributed by atoms with Crippen molar-refractivity contribution in [3.8, 4) is 0 Å². The van der Waals surface area contributed by atoms with Gasteiger partial charge in [0, 0.05) is 18.5 Å². The lowest BCUT2D eigenvalue weighted by molar-refractivity contribution is -0.148. The number of hydrogen-bond acceptors (Lipinski definition) is 16. The summed E-state index contributed by atoms with van der Waals surface area (Å²) in [6.07, 6.45) is 4.77. The molecule has 1 heterocycles. The Morgan fingerprint density at radius 2 is 0.683 bits per heavy atom. The smallest absolute Gasteiger partial charge is 0.345 e. The summed E-state index contributed by atoms with van der Waals surface area (Å²) in [5.74, 6) is -3.65. The highest BCUT2D eigenvalue weighted by atomic mass is 16.6. The van der Waals surface area contributed by atoms with Crippen LogP contribution in [0.2, 0.25) is 0 Å². The first-order chi connectivity index (χ1) is 30.4. The molecule has 4 rings (SSSR count). The van der Waals surface area contributed by atoms with Crippen molar-refractivity contribution in [1.29, 1.82) is 0 Å². The molecule has 0 aliphatic carbocycles. The number of nitrogens with one attached hydrogen (secondary N) is 1. The fourth-order valence-electron chi connectivity index (χ4n) is 5.66. The van der Waals surface area contributed by atoms with Crippen molar-refractivity contribution in [1.82, 2.24) is 15.0 Å². The molecule has 16 heteroatoms. The van der Waals surface area contributed by atoms with E-state index < -0.39 is 35.8 Å². The Balaban J connectivity index is 1.67. The molecular formula is C47H50N4O12. The van der Waals surface area contributed by atoms with Gasteiger partial charge in [-0.05, 0) is 99.7 Å². The van der Waals surface area contributed by atoms with Gasteiger partial charge in [0.1, 0.15) is 28.4 Å². The van der Waals surface area contributed by atoms with Gasteiger partial charge in [0.2, 0.25) is 5.95 Å². The van der Waals surface area contributed by atoms with Gasteiger partial charge in [0.05, 0.1) is 39.6 Å². The number of hydrogen-bond donors (Lipinski definition) is 1. The van der Waals surface area contributed by atoms with Crippen molar-refractivity contribution in [2.75, 3.05) is 45.0 Å². The molecule has 0 atom stereocenters. The lowest BCUT2D eigenvalue weighted by Crippen LogP contribution is -2.18. The number of aromatic nitrogens is 3. The van der Waals surface area contributed by atoms with Crippen molar-refractivity contribution in [3.63, 3.8) is 0 Å². The Morgan fingerprint density at radius 1 is 0.413 bits per heavy atom. The summed E-state index contributed by atoms with van der Waals surface area (Å²) in [5.41, 5.74) is 3.20. The summed E-state index contributed by atoms with van der Waals surface area (Å²) >= 11 is 0. The topological polar surface area (TPSA) is 208 Å². The van der Waals surface area contributed by atoms with E-state index >= 15 is 0 Å². The van der Waals surface area contributed by atoms with Crippen LogP contribution in [0.25, 0.3) is 18.2 Å². The van der Waals surface area contributed by atoms with Crippen molar-refractivity contribution in [3.05, 3.63) is 129 Å². The van der Waals surface area contributed by atoms with Gasteiger partial charge in [0.15, 0.2) is 0 Å². The molecule has 0 unspecified atom stereocenters. The summed E-state index contributed by atoms with van der Waals surface area (Å²) in [6.45, 7) is 10.4. The fourth-order valence-corrected chi connectivity index (χ4v) is 5.66. The third kappa shape index (κ3) is 14.9. The second-order valence-electron chi connectivity index (χ2n) is 13.1. The zero-order valence-corrected chi connectivity index (χ0v) is 36.1. The maximum absolute atomic E-state index is 12.5. The van der Waals surface area contributed by atoms with Crippen molar-refractivity contribution < 1.29 is 57.2 Å². The molecule has 4 aromatic rings. The van der Waals surface area contributed by atoms with Gasteiger partial charge in [-0.2, -0.15) is 9.97 Å². The van der Waals surface area contributed by atoms with Crippen molar-refractivity contribution in [2.45, 2.75) is 54.4 Å². The van der Waals surface area contributed by atoms with Crippen LogP contribution in [0, 0.1) is 0 Å². The predicted octanol–water partition coefficient (Wildman–Crippen LogP) is 6.33. The maximum atomic E-state index is 12.5. The average molecular weight is 863 g/mol. The van der Waals surface area contributed by atoms with E-state index in [0.29, 0.717) is 34.0 Å². The van der Waals surface area contributed by atoms with Crippen LogP contribution in [-0.4, -0.2) is 90.4 Å². The molecule has 0 bridgehead atoms. The van der Waals surface area contributed by atoms with Gasteiger partial charge in [-0.25, -0.2) is 33.8 Å². The van der Waals surface area contributed by atoms with Gasteiger partial charge in [-0.1, -0.05) is 60.7 Å². The molecule has 0 spiro atoms. The number of rotatable bonds is 21. The van der Waals surface area contributed by atoms with Crippen LogP contribution < -0.4 is 5.32 Å². The Morgan fingerprint density at radius 3 is 0.952 bits per heavy atom. The Bertz CT molecular complexity index is 2000. The molecule has 0 saturated carbocycles. The zero-order valence-electron chi connectivity index (χ0n) is 36.1. The number of anilines is 2. The van der Waals surface area contributed by atoms with Gasteiger partial charge < -0.3 is 33.7 Å². The molecule has 0 amide bonds. The second-order valence-corrected chi connectivity index (χ2v) is 13.1. The summed E-state index contributed by atoms with van der Waals surface area (Å²) in [7, 11) is 0. The largest absolute Gasteiger partial charge is 0.462 e. The Hall–Kier alpha value is -7.49. The van der Waals surface area contributed by atoms with E-state index in [0.717, 1.165) is 11.1 Å². The van der Waals surface area contributed by atoms with E-state index in [1.54, 1.807) is 90.1 Å². The molecule has 0 radical (unpaired) electrons. The van der Waals surface area contributed by atoms with Gasteiger partial charge in [0.25, 0.3) is 0 Å². The number of carbonyl (C=O) groups is 6. The predicted molar refractivity (Wildman–Crippen MR) is 232 cm³/mol. The van der Waals surface area contributed by atoms with Crippen LogP contribution in [0.4, 0.5) is 11.6 Å². The molecule has 1 N–H and O–H groups in total. The molecule has 63 heavy (non-hydrogen) atoms. The van der Waals surface area contributed by atoms with Crippen molar-refractivity contribution >= 4 is 65.7 Å². The normalized spacial score (nSPS) is 10.3. The minimum atomic E-state index is -0.795. The molecule has 0 saturated heterocycles. The van der Waals surface area contributed by atoms with Crippen molar-refractivity contribution in [2.24, 2.45) is 0 Å². The molecule has 0 fully saturated rings. The molecule has 1 aromatic heterocycles. The minimum Gasteiger partial charge on any atom is -0.462 e. The van der Waals surface area contributed by atoms with Crippen LogP contribution in [0.15, 0.2) is 89.5 Å². The standard InChI is InChI=1S/C47H50N4O12/c1-7-58-41(52)36(42(53)59-8-2)25-30-13-17-33(18-14-30)28-39-49-40(29-34-19-15-31(16-20-34)26-37(43(54)60-9-3)44(55)61-10-4)51-47(50-39)48-35-23-21-32(22-24-35)27-38(45(56)62-11-5)46(57)63-12-6/h13-27H,7-12,28-29H2,1-6H3,(H,48,49,50,51). The monoisotopic (exact) mass is 862 g/mol. The Labute approximate surface area is 365 Å². The van der Waals surface area contributed by atoms with Gasteiger partial charge in [-0.15, -0.1) is 0 Å². The summed E-state index contributed by atoms with van der Waals surface area (Å²) in [4.78, 5) is 89.2. The van der Waals surface area contributed by atoms with E-state index in [4.69, 9.17) is 43.4 Å². The number of benzene rings is 3. The van der Waals surface area contributed by atoms with E-state index in [1.807, 2.05) is 24.3 Å². The van der Waals surface area contributed by atoms with E-state index in [2.05, 4.69) is 5.32 Å². The van der Waals surface area contributed by atoms with E-state index in [1.165, 1.54) is 18.2 Å². The SMILES string of the molecule is CCOC(=O)C(=Cc1ccc(Cc2nc(Cc3ccc(C=C(C(=O)OCC)C(=O)OCC)cc3)nc(Nc3ccc(C=C(C(=O)OCC)C(=O)OCC)cc3)n2)cc1)C(=O)OCC. The van der Waals surface area contributed by atoms with E-state index in [9.17, 15) is 28.8 Å². The van der Waals surface area contributed by atoms with Crippen LogP contribution in [0.1, 0.15) is 81.0 Å². The molecule has 0 aliphatic heterocycles. The second kappa shape index (κ2) is 24.7. The first-order valence-corrected chi connectivity index (χ1v) is 20.4. The quantitative estimate of drug-likeness (QED) is 0.0319. The zero-order chi connectivity index (χ0) is 45.7. The number of ether oxygens (including phenoxy) is 6. The first kappa shape index (κ1) is 48.2. The lowest BCUT2D eigenvalue weighted by atomic mass is 10.1. The molecule has 16 nitrogen and oxygen atoms in total. The average Bonchev–Trinajstić information content (AvgIpc) is 3.26. The Kier molecular flexibility index (Phi) is 18.9. The third-order valence-corrected chi connectivity index (χ3v) is 8.48. The third-order valence-electron chi connectivity index (χ3n) is 8.48. The fraction of sp³-hybridized carbons (Fsp3) is 0.298. The first-order valence-electron chi connectivity index (χ1n) is 20.4. The number of carbonyl (C=O) groups excluding carboxylic acids is 6. The van der Waals surface area contributed by atoms with Crippen LogP contribution in [-0.2, 0) is 70.0 Å². The summed E-state index contributed by atoms with van der Waals surface area (Å²) in [6, 6.07) is 21.1. The highest BCUT2D eigenvalue weighted by Gasteiger charge is 2.23. The number of nitrogens with zero attached hydrogens (tertiary/aromatic N) is 3. The molecular weight excluding hydrogens is 813 g/mol. The highest BCUT2D eigenvalue weighted by Crippen LogP contribution is 2.21. The van der Waals surface area contributed by atoms with Crippen LogP contribution in [0.3, 0.4) is 0 Å². The lowest BCUT2D eigenvalue weighted by Gasteiger charge is -2.11. The molecule has 3 aromatic carbocycles. The maximum Gasteiger partial charge on any atom is 0.345 e. The van der Waals surface area contributed by atoms with Crippen LogP contribution >= 0.6 is 0 Å².